The number of pyridine rings is 1. The van der Waals surface area contributed by atoms with Crippen molar-refractivity contribution in [2.75, 3.05) is 0 Å². The molecule has 0 radical (unpaired) electrons. The lowest BCUT2D eigenvalue weighted by Gasteiger charge is -2.10. The number of rotatable bonds is 4. The number of aromatic nitrogens is 1. The van der Waals surface area contributed by atoms with Crippen molar-refractivity contribution in [3.63, 3.8) is 0 Å². The van der Waals surface area contributed by atoms with Gasteiger partial charge in [0.15, 0.2) is 11.4 Å². The number of nitriles is 1. The fraction of sp³-hybridized carbons (Fsp3) is 0.143. The minimum atomic E-state index is -3.37. The van der Waals surface area contributed by atoms with Gasteiger partial charge in [-0.15, -0.1) is 0 Å². The van der Waals surface area contributed by atoms with Crippen LogP contribution in [0.4, 0.5) is 4.39 Å². The highest BCUT2D eigenvalue weighted by Crippen LogP contribution is 2.41. The van der Waals surface area contributed by atoms with Crippen molar-refractivity contribution in [3.8, 4) is 39.6 Å². The van der Waals surface area contributed by atoms with Gasteiger partial charge in [-0.2, -0.15) is 9.83 Å². The molecule has 0 fully saturated rings. The standard InChI is InChI=1S/C35H28FN2O/c1-21(2)29-18-32(38(4)20-31(29)36)33-22(3)10-15-28-27-17-16-26(30(19-37)34(27)39-35(28)33)25-13-11-24(12-14-25)23-8-6-5-7-9-23/h5-18,20-21H,1-4H3/q+1/i1D3,2D3,21D. The van der Waals surface area contributed by atoms with Gasteiger partial charge in [0.05, 0.1) is 5.56 Å². The summed E-state index contributed by atoms with van der Waals surface area (Å²) in [5, 5.41) is 11.7. The number of hydrogen-bond donors (Lipinski definition) is 0. The van der Waals surface area contributed by atoms with Crippen LogP contribution in [0, 0.1) is 24.1 Å². The smallest absolute Gasteiger partial charge is 0.216 e. The molecule has 4 aromatic carbocycles. The van der Waals surface area contributed by atoms with Crippen molar-refractivity contribution in [1.82, 2.24) is 0 Å². The average Bonchev–Trinajstić information content (AvgIpc) is 3.39. The topological polar surface area (TPSA) is 40.8 Å². The van der Waals surface area contributed by atoms with Crippen LogP contribution in [0.2, 0.25) is 0 Å². The Morgan fingerprint density at radius 3 is 2.28 bits per heavy atom. The Balaban J connectivity index is 1.57. The zero-order valence-corrected chi connectivity index (χ0v) is 21.3. The lowest BCUT2D eigenvalue weighted by atomic mass is 9.94. The van der Waals surface area contributed by atoms with Gasteiger partial charge in [0.25, 0.3) is 0 Å². The van der Waals surface area contributed by atoms with Crippen LogP contribution >= 0.6 is 0 Å². The second-order valence-electron chi connectivity index (χ2n) is 9.56. The maximum absolute atomic E-state index is 15.4. The van der Waals surface area contributed by atoms with Gasteiger partial charge in [-0.25, -0.2) is 4.39 Å². The number of benzene rings is 4. The second-order valence-corrected chi connectivity index (χ2v) is 9.56. The molecule has 0 unspecified atom stereocenters. The fourth-order valence-corrected chi connectivity index (χ4v) is 5.20. The summed E-state index contributed by atoms with van der Waals surface area (Å²) in [5.41, 5.74) is 5.24. The lowest BCUT2D eigenvalue weighted by Crippen LogP contribution is -2.32. The van der Waals surface area contributed by atoms with Crippen molar-refractivity contribution in [2.45, 2.75) is 26.5 Å². The molecule has 0 amide bonds. The molecule has 6 rings (SSSR count). The Labute approximate surface area is 237 Å². The summed E-state index contributed by atoms with van der Waals surface area (Å²) in [6.07, 6.45) is 0.976. The van der Waals surface area contributed by atoms with E-state index in [9.17, 15) is 5.26 Å². The van der Waals surface area contributed by atoms with Crippen molar-refractivity contribution in [3.05, 3.63) is 114 Å². The van der Waals surface area contributed by atoms with Gasteiger partial charge in [-0.05, 0) is 41.1 Å². The normalized spacial score (nSPS) is 15.0. The Kier molecular flexibility index (Phi) is 4.32. The van der Waals surface area contributed by atoms with E-state index < -0.39 is 31.0 Å². The number of hydrogen-bond acceptors (Lipinski definition) is 2. The number of aryl methyl sites for hydroxylation is 2. The first-order valence-electron chi connectivity index (χ1n) is 15.9. The third-order valence-corrected chi connectivity index (χ3v) is 7.18. The highest BCUT2D eigenvalue weighted by Gasteiger charge is 2.25. The fourth-order valence-electron chi connectivity index (χ4n) is 5.20. The van der Waals surface area contributed by atoms with Crippen molar-refractivity contribution in [2.24, 2.45) is 7.05 Å². The quantitative estimate of drug-likeness (QED) is 0.219. The first-order valence-corrected chi connectivity index (χ1v) is 12.4. The maximum atomic E-state index is 15.4. The van der Waals surface area contributed by atoms with Crippen molar-refractivity contribution >= 4 is 21.9 Å². The molecule has 0 N–H and O–H groups in total. The van der Waals surface area contributed by atoms with E-state index in [1.165, 1.54) is 11.6 Å². The van der Waals surface area contributed by atoms with Crippen LogP contribution in [-0.4, -0.2) is 0 Å². The van der Waals surface area contributed by atoms with Gasteiger partial charge in [-0.1, -0.05) is 86.5 Å². The summed E-state index contributed by atoms with van der Waals surface area (Å²) in [7, 11) is 1.54. The number of furan rings is 1. The Morgan fingerprint density at radius 1 is 0.897 bits per heavy atom. The molecule has 2 aromatic heterocycles. The number of nitrogens with zero attached hydrogens (tertiary/aromatic N) is 2. The minimum absolute atomic E-state index is 0.249. The summed E-state index contributed by atoms with van der Waals surface area (Å²) >= 11 is 0. The average molecular weight is 519 g/mol. The van der Waals surface area contributed by atoms with E-state index in [0.29, 0.717) is 44.2 Å². The SMILES string of the molecule is [2H]C([2H])([2H])C([2H])(c1cc(-c2c(C)ccc3c2oc2c(C#N)c(-c4ccc(-c5ccccc5)cc4)ccc23)[n+](C)cc1F)C([2H])([2H])[2H]. The molecule has 2 heterocycles. The molecular weight excluding hydrogens is 483 g/mol. The molecule has 6 aromatic rings. The third-order valence-electron chi connectivity index (χ3n) is 7.18. The van der Waals surface area contributed by atoms with Crippen LogP contribution in [-0.2, 0) is 7.05 Å². The Morgan fingerprint density at radius 2 is 1.56 bits per heavy atom. The second kappa shape index (κ2) is 9.53. The van der Waals surface area contributed by atoms with Crippen LogP contribution in [0.3, 0.4) is 0 Å². The van der Waals surface area contributed by atoms with Crippen molar-refractivity contribution in [1.29, 1.82) is 5.26 Å². The van der Waals surface area contributed by atoms with Crippen LogP contribution in [0.1, 0.15) is 45.9 Å². The molecule has 0 saturated heterocycles. The van der Waals surface area contributed by atoms with E-state index >= 15 is 4.39 Å². The van der Waals surface area contributed by atoms with Crippen LogP contribution in [0.15, 0.2) is 95.5 Å². The molecule has 0 aliphatic heterocycles. The van der Waals surface area contributed by atoms with E-state index in [4.69, 9.17) is 14.0 Å². The first kappa shape index (κ1) is 17.7. The molecule has 0 aliphatic carbocycles. The van der Waals surface area contributed by atoms with E-state index in [2.05, 4.69) is 6.07 Å². The van der Waals surface area contributed by atoms with Gasteiger partial charge >= 0.3 is 0 Å². The van der Waals surface area contributed by atoms with Gasteiger partial charge in [0, 0.05) is 37.6 Å². The van der Waals surface area contributed by atoms with E-state index in [1.807, 2.05) is 78.9 Å². The van der Waals surface area contributed by atoms with Gasteiger partial charge in [0.1, 0.15) is 24.3 Å². The molecule has 39 heavy (non-hydrogen) atoms. The molecule has 0 saturated carbocycles. The first-order chi connectivity index (χ1) is 21.7. The number of fused-ring (bicyclic) bond motifs is 3. The summed E-state index contributed by atoms with van der Waals surface area (Å²) in [5.74, 6) is -4.36. The Hall–Kier alpha value is -4.75. The summed E-state index contributed by atoms with van der Waals surface area (Å²) in [6.45, 7) is -4.94. The van der Waals surface area contributed by atoms with Crippen LogP contribution < -0.4 is 4.57 Å². The maximum Gasteiger partial charge on any atom is 0.216 e. The molecule has 0 spiro atoms. The molecule has 0 aliphatic rings. The zero-order chi connectivity index (χ0) is 33.2. The third kappa shape index (κ3) is 4.08. The molecule has 0 bridgehead atoms. The molecular formula is C35H28FN2O+. The van der Waals surface area contributed by atoms with Gasteiger partial charge in [0.2, 0.25) is 11.9 Å². The van der Waals surface area contributed by atoms with Gasteiger partial charge < -0.3 is 4.42 Å². The van der Waals surface area contributed by atoms with Gasteiger partial charge in [-0.3, -0.25) is 0 Å². The lowest BCUT2D eigenvalue weighted by molar-refractivity contribution is -0.662. The van der Waals surface area contributed by atoms with Crippen molar-refractivity contribution < 1.29 is 23.0 Å². The molecule has 0 atom stereocenters. The minimum Gasteiger partial charge on any atom is -0.454 e. The summed E-state index contributed by atoms with van der Waals surface area (Å²) in [6, 6.07) is 28.6. The van der Waals surface area contributed by atoms with Crippen LogP contribution in [0.5, 0.6) is 0 Å². The largest absolute Gasteiger partial charge is 0.454 e. The zero-order valence-electron chi connectivity index (χ0n) is 28.3. The molecule has 190 valence electrons. The highest BCUT2D eigenvalue weighted by molar-refractivity contribution is 6.12. The number of halogens is 1. The highest BCUT2D eigenvalue weighted by atomic mass is 19.1. The Bertz CT molecular complexity index is 2170. The monoisotopic (exact) mass is 518 g/mol. The van der Waals surface area contributed by atoms with Crippen LogP contribution in [0.25, 0.3) is 55.4 Å². The summed E-state index contributed by atoms with van der Waals surface area (Å²) < 4.78 is 79.3. The molecule has 4 heteroatoms. The summed E-state index contributed by atoms with van der Waals surface area (Å²) in [4.78, 5) is 0. The molecule has 3 nitrogen and oxygen atoms in total. The van der Waals surface area contributed by atoms with E-state index in [0.717, 1.165) is 29.0 Å². The predicted octanol–water partition coefficient (Wildman–Crippen LogP) is 8.85. The van der Waals surface area contributed by atoms with E-state index in [-0.39, 0.29) is 5.69 Å². The van der Waals surface area contributed by atoms with E-state index in [1.54, 1.807) is 6.92 Å². The predicted molar refractivity (Wildman–Crippen MR) is 155 cm³/mol.